The molecule has 2 rings (SSSR count). The van der Waals surface area contributed by atoms with Crippen LogP contribution in [0.3, 0.4) is 0 Å². The molecule has 0 unspecified atom stereocenters. The van der Waals surface area contributed by atoms with Gasteiger partial charge in [0.05, 0.1) is 24.4 Å². The summed E-state index contributed by atoms with van der Waals surface area (Å²) in [5, 5.41) is 0. The molecule has 0 spiro atoms. The zero-order valence-electron chi connectivity index (χ0n) is 10.9. The molecule has 0 atom stereocenters. The fraction of sp³-hybridized carbons (Fsp3) is 0.273. The van der Waals surface area contributed by atoms with Gasteiger partial charge in [-0.25, -0.2) is 9.78 Å². The third kappa shape index (κ3) is 5.31. The quantitative estimate of drug-likeness (QED) is 0.496. The predicted octanol–water partition coefficient (Wildman–Crippen LogP) is 1.60. The van der Waals surface area contributed by atoms with Gasteiger partial charge in [-0.15, -0.1) is 11.6 Å². The summed E-state index contributed by atoms with van der Waals surface area (Å²) in [6.45, 7) is 2.12. The van der Waals surface area contributed by atoms with E-state index in [0.717, 1.165) is 5.69 Å². The van der Waals surface area contributed by atoms with Crippen molar-refractivity contribution >= 4 is 33.6 Å². The van der Waals surface area contributed by atoms with E-state index in [1.165, 1.54) is 0 Å². The highest BCUT2D eigenvalue weighted by molar-refractivity contribution is 7.79. The first-order valence-corrected chi connectivity index (χ1v) is 7.59. The van der Waals surface area contributed by atoms with Crippen LogP contribution in [0.5, 0.6) is 0 Å². The number of carbonyl (C=O) groups is 1. The standard InChI is InChI=1S/C11H11ClN2O2.H2O4S/c1-2-16-11(15)9-4-3-5-10-13-7-8(6-12)14(9)10;1-5(2,3)4/h3-5,7H,2,6H2,1H3;(H2,1,2,3,4). The number of esters is 1. The highest BCUT2D eigenvalue weighted by atomic mass is 35.5. The van der Waals surface area contributed by atoms with Gasteiger partial charge in [-0.3, -0.25) is 13.5 Å². The van der Waals surface area contributed by atoms with Crippen LogP contribution in [-0.4, -0.2) is 39.5 Å². The van der Waals surface area contributed by atoms with E-state index < -0.39 is 10.4 Å². The van der Waals surface area contributed by atoms with Crippen molar-refractivity contribution < 1.29 is 27.1 Å². The third-order valence-electron chi connectivity index (χ3n) is 2.22. The van der Waals surface area contributed by atoms with Gasteiger partial charge in [-0.05, 0) is 19.1 Å². The molecule has 0 amide bonds. The number of nitrogens with zero attached hydrogens (tertiary/aromatic N) is 2. The number of hydrogen-bond acceptors (Lipinski definition) is 5. The summed E-state index contributed by atoms with van der Waals surface area (Å²) < 4.78 is 38.3. The molecule has 0 saturated heterocycles. The maximum absolute atomic E-state index is 11.7. The smallest absolute Gasteiger partial charge is 0.394 e. The Morgan fingerprint density at radius 3 is 2.57 bits per heavy atom. The molecular formula is C11H13ClN2O6S. The Hall–Kier alpha value is -1.68. The molecule has 0 aliphatic heterocycles. The molecule has 0 radical (unpaired) electrons. The minimum Gasteiger partial charge on any atom is -0.461 e. The molecule has 0 fully saturated rings. The summed E-state index contributed by atoms with van der Waals surface area (Å²) in [6.07, 6.45) is 1.66. The summed E-state index contributed by atoms with van der Waals surface area (Å²) in [6, 6.07) is 5.29. The third-order valence-corrected chi connectivity index (χ3v) is 2.50. The number of fused-ring (bicyclic) bond motifs is 1. The van der Waals surface area contributed by atoms with Gasteiger partial charge in [-0.1, -0.05) is 6.07 Å². The largest absolute Gasteiger partial charge is 0.461 e. The van der Waals surface area contributed by atoms with Gasteiger partial charge in [-0.2, -0.15) is 8.42 Å². The maximum Gasteiger partial charge on any atom is 0.394 e. The highest BCUT2D eigenvalue weighted by Gasteiger charge is 2.13. The van der Waals surface area contributed by atoms with E-state index in [1.54, 1.807) is 29.7 Å². The van der Waals surface area contributed by atoms with E-state index in [-0.39, 0.29) is 5.97 Å². The van der Waals surface area contributed by atoms with Crippen molar-refractivity contribution in [2.75, 3.05) is 6.61 Å². The number of aromatic nitrogens is 2. The van der Waals surface area contributed by atoms with Gasteiger partial charge >= 0.3 is 16.4 Å². The van der Waals surface area contributed by atoms with Crippen molar-refractivity contribution in [1.29, 1.82) is 0 Å². The Labute approximate surface area is 125 Å². The molecule has 2 N–H and O–H groups in total. The number of imidazole rings is 1. The number of hydrogen-bond donors (Lipinski definition) is 2. The van der Waals surface area contributed by atoms with Crippen LogP contribution in [-0.2, 0) is 21.0 Å². The van der Waals surface area contributed by atoms with Crippen LogP contribution in [0.15, 0.2) is 24.4 Å². The van der Waals surface area contributed by atoms with E-state index in [2.05, 4.69) is 4.98 Å². The minimum atomic E-state index is -4.67. The Morgan fingerprint density at radius 1 is 1.43 bits per heavy atom. The predicted molar refractivity (Wildman–Crippen MR) is 74.9 cm³/mol. The van der Waals surface area contributed by atoms with Crippen LogP contribution in [0.25, 0.3) is 5.65 Å². The van der Waals surface area contributed by atoms with Crippen molar-refractivity contribution in [3.63, 3.8) is 0 Å². The van der Waals surface area contributed by atoms with Crippen LogP contribution in [0.2, 0.25) is 0 Å². The first-order valence-electron chi connectivity index (χ1n) is 5.66. The van der Waals surface area contributed by atoms with Crippen molar-refractivity contribution in [2.24, 2.45) is 0 Å². The lowest BCUT2D eigenvalue weighted by atomic mass is 10.3. The molecule has 2 heterocycles. The SMILES string of the molecule is CCOC(=O)c1cccc2ncc(CCl)n12.O=S(=O)(O)O. The van der Waals surface area contributed by atoms with Crippen molar-refractivity contribution in [1.82, 2.24) is 9.38 Å². The van der Waals surface area contributed by atoms with Gasteiger partial charge < -0.3 is 4.74 Å². The fourth-order valence-electron chi connectivity index (χ4n) is 1.56. The van der Waals surface area contributed by atoms with E-state index in [9.17, 15) is 4.79 Å². The zero-order chi connectivity index (χ0) is 16.0. The lowest BCUT2D eigenvalue weighted by Crippen LogP contribution is -2.11. The van der Waals surface area contributed by atoms with Gasteiger partial charge in [0.15, 0.2) is 0 Å². The molecule has 8 nitrogen and oxygen atoms in total. The summed E-state index contributed by atoms with van der Waals surface area (Å²) >= 11 is 5.79. The molecule has 116 valence electrons. The number of ether oxygens (including phenoxy) is 1. The second kappa shape index (κ2) is 7.36. The molecule has 0 aliphatic rings. The molecule has 2 aromatic rings. The highest BCUT2D eigenvalue weighted by Crippen LogP contribution is 2.13. The van der Waals surface area contributed by atoms with Crippen LogP contribution in [0.1, 0.15) is 23.1 Å². The van der Waals surface area contributed by atoms with Crippen LogP contribution in [0, 0.1) is 0 Å². The van der Waals surface area contributed by atoms with Gasteiger partial charge in [0, 0.05) is 0 Å². The molecule has 0 bridgehead atoms. The molecule has 0 saturated carbocycles. The van der Waals surface area contributed by atoms with E-state index in [1.807, 2.05) is 6.07 Å². The lowest BCUT2D eigenvalue weighted by molar-refractivity contribution is 0.0517. The van der Waals surface area contributed by atoms with Crippen molar-refractivity contribution in [3.8, 4) is 0 Å². The Bertz CT molecular complexity index is 719. The van der Waals surface area contributed by atoms with Crippen LogP contribution < -0.4 is 0 Å². The number of rotatable bonds is 3. The second-order valence-electron chi connectivity index (χ2n) is 3.66. The molecule has 0 aromatic carbocycles. The monoisotopic (exact) mass is 336 g/mol. The maximum atomic E-state index is 11.7. The molecule has 0 aliphatic carbocycles. The van der Waals surface area contributed by atoms with E-state index in [0.29, 0.717) is 23.8 Å². The number of pyridine rings is 1. The number of carbonyl (C=O) groups excluding carboxylic acids is 1. The van der Waals surface area contributed by atoms with Gasteiger partial charge in [0.25, 0.3) is 0 Å². The summed E-state index contributed by atoms with van der Waals surface area (Å²) in [7, 11) is -4.67. The number of halogens is 1. The molecule has 21 heavy (non-hydrogen) atoms. The summed E-state index contributed by atoms with van der Waals surface area (Å²) in [4.78, 5) is 15.9. The average Bonchev–Trinajstić information content (AvgIpc) is 2.79. The number of alkyl halides is 1. The van der Waals surface area contributed by atoms with Crippen LogP contribution >= 0.6 is 11.6 Å². The molecule has 10 heteroatoms. The summed E-state index contributed by atoms with van der Waals surface area (Å²) in [5.41, 5.74) is 1.93. The normalized spacial score (nSPS) is 10.9. The average molecular weight is 337 g/mol. The minimum absolute atomic E-state index is 0.303. The Morgan fingerprint density at radius 2 is 2.05 bits per heavy atom. The van der Waals surface area contributed by atoms with Gasteiger partial charge in [0.2, 0.25) is 0 Å². The van der Waals surface area contributed by atoms with Crippen molar-refractivity contribution in [2.45, 2.75) is 12.8 Å². The van der Waals surface area contributed by atoms with Gasteiger partial charge in [0.1, 0.15) is 11.3 Å². The Balaban J connectivity index is 0.000000383. The first kappa shape index (κ1) is 17.4. The summed E-state index contributed by atoms with van der Waals surface area (Å²) in [5.74, 6) is -0.0603. The Kier molecular flexibility index (Phi) is 6.09. The van der Waals surface area contributed by atoms with Crippen LogP contribution in [0.4, 0.5) is 0 Å². The lowest BCUT2D eigenvalue weighted by Gasteiger charge is -2.06. The van der Waals surface area contributed by atoms with Crippen molar-refractivity contribution in [3.05, 3.63) is 35.8 Å². The first-order chi connectivity index (χ1) is 9.77. The topological polar surface area (TPSA) is 118 Å². The molecule has 2 aromatic heterocycles. The molecular weight excluding hydrogens is 324 g/mol. The fourth-order valence-corrected chi connectivity index (χ4v) is 1.75. The second-order valence-corrected chi connectivity index (χ2v) is 4.82. The zero-order valence-corrected chi connectivity index (χ0v) is 12.5. The van der Waals surface area contributed by atoms with E-state index in [4.69, 9.17) is 33.9 Å². The van der Waals surface area contributed by atoms with E-state index >= 15 is 0 Å².